The van der Waals surface area contributed by atoms with E-state index < -0.39 is 0 Å². The Labute approximate surface area is 114 Å². The Morgan fingerprint density at radius 3 is 2.78 bits per heavy atom. The second-order valence-corrected chi connectivity index (χ2v) is 6.87. The van der Waals surface area contributed by atoms with Crippen molar-refractivity contribution in [2.45, 2.75) is 37.8 Å². The van der Waals surface area contributed by atoms with Gasteiger partial charge in [-0.25, -0.2) is 4.98 Å². The molecule has 0 aliphatic carbocycles. The zero-order valence-electron chi connectivity index (χ0n) is 11.5. The Morgan fingerprint density at radius 2 is 2.11 bits per heavy atom. The van der Waals surface area contributed by atoms with Crippen LogP contribution in [0.15, 0.2) is 18.3 Å². The van der Waals surface area contributed by atoms with Gasteiger partial charge < -0.3 is 5.32 Å². The van der Waals surface area contributed by atoms with Crippen molar-refractivity contribution in [3.05, 3.63) is 23.9 Å². The third kappa shape index (κ3) is 3.62. The maximum absolute atomic E-state index is 4.43. The van der Waals surface area contributed by atoms with E-state index in [1.54, 1.807) is 0 Å². The smallest absolute Gasteiger partial charge is 0.130 e. The summed E-state index contributed by atoms with van der Waals surface area (Å²) < 4.78 is 0. The number of rotatable bonds is 4. The van der Waals surface area contributed by atoms with Crippen LogP contribution in [0.3, 0.4) is 0 Å². The molecule has 1 aliphatic heterocycles. The van der Waals surface area contributed by atoms with Crippen molar-refractivity contribution in [2.75, 3.05) is 25.0 Å². The molecule has 1 aliphatic rings. The largest absolute Gasteiger partial charge is 0.370 e. The van der Waals surface area contributed by atoms with Gasteiger partial charge in [-0.1, -0.05) is 19.9 Å². The first kappa shape index (κ1) is 13.7. The second-order valence-electron chi connectivity index (χ2n) is 4.99. The number of hydrogen-bond acceptors (Lipinski definition) is 4. The van der Waals surface area contributed by atoms with E-state index in [1.165, 1.54) is 18.7 Å². The maximum Gasteiger partial charge on any atom is 0.130 e. The van der Waals surface area contributed by atoms with E-state index in [2.05, 4.69) is 53.8 Å². The number of aromatic nitrogens is 1. The van der Waals surface area contributed by atoms with Crippen molar-refractivity contribution in [2.24, 2.45) is 0 Å². The predicted octanol–water partition coefficient (Wildman–Crippen LogP) is 2.84. The van der Waals surface area contributed by atoms with E-state index in [0.717, 1.165) is 29.4 Å². The molecule has 1 N–H and O–H groups in total. The zero-order valence-corrected chi connectivity index (χ0v) is 12.3. The highest BCUT2D eigenvalue weighted by molar-refractivity contribution is 8.00. The summed E-state index contributed by atoms with van der Waals surface area (Å²) in [4.78, 5) is 6.97. The van der Waals surface area contributed by atoms with Crippen LogP contribution < -0.4 is 5.32 Å². The Balaban J connectivity index is 2.04. The predicted molar refractivity (Wildman–Crippen MR) is 80.2 cm³/mol. The molecule has 100 valence electrons. The molecule has 0 aromatic carbocycles. The van der Waals surface area contributed by atoms with Gasteiger partial charge in [0.25, 0.3) is 0 Å². The van der Waals surface area contributed by atoms with Crippen LogP contribution in [0.1, 0.15) is 26.3 Å². The topological polar surface area (TPSA) is 28.2 Å². The average Bonchev–Trinajstić information content (AvgIpc) is 2.30. The number of hydrogen-bond donors (Lipinski definition) is 1. The molecular weight excluding hydrogens is 242 g/mol. The minimum absolute atomic E-state index is 0.730. The first-order chi connectivity index (χ1) is 8.69. The normalized spacial score (nSPS) is 25.1. The molecule has 0 bridgehead atoms. The van der Waals surface area contributed by atoms with Crippen molar-refractivity contribution in [1.29, 1.82) is 0 Å². The minimum atomic E-state index is 0.730. The number of thioether (sulfide) groups is 1. The molecule has 2 unspecified atom stereocenters. The summed E-state index contributed by atoms with van der Waals surface area (Å²) in [5.74, 6) is 1.04. The van der Waals surface area contributed by atoms with Gasteiger partial charge in [-0.2, -0.15) is 11.8 Å². The van der Waals surface area contributed by atoms with Gasteiger partial charge in [0.2, 0.25) is 0 Å². The van der Waals surface area contributed by atoms with Gasteiger partial charge in [-0.15, -0.1) is 0 Å². The summed E-state index contributed by atoms with van der Waals surface area (Å²) in [7, 11) is 0. The van der Waals surface area contributed by atoms with Gasteiger partial charge in [0.15, 0.2) is 0 Å². The highest BCUT2D eigenvalue weighted by Crippen LogP contribution is 2.26. The molecule has 2 rings (SSSR count). The Bertz CT molecular complexity index is 373. The quantitative estimate of drug-likeness (QED) is 0.906. The number of anilines is 1. The van der Waals surface area contributed by atoms with Crippen molar-refractivity contribution in [3.8, 4) is 0 Å². The first-order valence-corrected chi connectivity index (χ1v) is 7.69. The molecule has 18 heavy (non-hydrogen) atoms. The Hall–Kier alpha value is -0.740. The summed E-state index contributed by atoms with van der Waals surface area (Å²) in [6.07, 6.45) is 1.86. The fourth-order valence-electron chi connectivity index (χ4n) is 2.55. The molecule has 4 heteroatoms. The molecule has 0 spiro atoms. The van der Waals surface area contributed by atoms with Gasteiger partial charge in [-0.05, 0) is 13.0 Å². The molecule has 0 radical (unpaired) electrons. The minimum Gasteiger partial charge on any atom is -0.370 e. The van der Waals surface area contributed by atoms with Gasteiger partial charge in [0.1, 0.15) is 5.82 Å². The van der Waals surface area contributed by atoms with Crippen LogP contribution in [0.4, 0.5) is 5.82 Å². The fourth-order valence-corrected chi connectivity index (χ4v) is 3.93. The van der Waals surface area contributed by atoms with Gasteiger partial charge in [-0.3, -0.25) is 4.90 Å². The highest BCUT2D eigenvalue weighted by Gasteiger charge is 2.22. The van der Waals surface area contributed by atoms with Crippen LogP contribution in [0, 0.1) is 0 Å². The van der Waals surface area contributed by atoms with Crippen LogP contribution >= 0.6 is 11.8 Å². The van der Waals surface area contributed by atoms with Crippen LogP contribution in [-0.4, -0.2) is 40.0 Å². The maximum atomic E-state index is 4.43. The Kier molecular flexibility index (Phi) is 4.89. The van der Waals surface area contributed by atoms with E-state index in [1.807, 2.05) is 12.3 Å². The molecule has 0 amide bonds. The van der Waals surface area contributed by atoms with Crippen LogP contribution in [0.5, 0.6) is 0 Å². The summed E-state index contributed by atoms with van der Waals surface area (Å²) in [6.45, 7) is 11.0. The van der Waals surface area contributed by atoms with Crippen molar-refractivity contribution in [1.82, 2.24) is 9.88 Å². The molecule has 3 nitrogen and oxygen atoms in total. The zero-order chi connectivity index (χ0) is 13.0. The van der Waals surface area contributed by atoms with Gasteiger partial charge in [0.05, 0.1) is 0 Å². The number of nitrogens with one attached hydrogen (secondary N) is 1. The average molecular weight is 265 g/mol. The van der Waals surface area contributed by atoms with E-state index in [9.17, 15) is 0 Å². The Morgan fingerprint density at radius 1 is 1.39 bits per heavy atom. The molecule has 2 heterocycles. The van der Waals surface area contributed by atoms with E-state index in [4.69, 9.17) is 0 Å². The first-order valence-electron chi connectivity index (χ1n) is 6.74. The van der Waals surface area contributed by atoms with Gasteiger partial charge >= 0.3 is 0 Å². The van der Waals surface area contributed by atoms with Crippen LogP contribution in [0.2, 0.25) is 0 Å². The molecule has 1 aromatic rings. The lowest BCUT2D eigenvalue weighted by Gasteiger charge is -2.34. The van der Waals surface area contributed by atoms with Gasteiger partial charge in [0, 0.05) is 48.4 Å². The van der Waals surface area contributed by atoms with Crippen LogP contribution in [0.25, 0.3) is 0 Å². The van der Waals surface area contributed by atoms with Crippen molar-refractivity contribution < 1.29 is 0 Å². The summed E-state index contributed by atoms with van der Waals surface area (Å²) in [5.41, 5.74) is 1.31. The second kappa shape index (κ2) is 6.43. The number of nitrogens with zero attached hydrogens (tertiary/aromatic N) is 2. The third-order valence-corrected chi connectivity index (χ3v) is 4.35. The monoisotopic (exact) mass is 265 g/mol. The highest BCUT2D eigenvalue weighted by atomic mass is 32.2. The molecular formula is C14H23N3S. The standard InChI is InChI=1S/C14H23N3S/c1-4-15-14-13(6-5-7-16-14)10-17-8-11(2)18-12(3)9-17/h5-7,11-12H,4,8-10H2,1-3H3,(H,15,16). The van der Waals surface area contributed by atoms with Crippen LogP contribution in [-0.2, 0) is 6.54 Å². The molecule has 1 fully saturated rings. The van der Waals surface area contributed by atoms with E-state index >= 15 is 0 Å². The fraction of sp³-hybridized carbons (Fsp3) is 0.643. The summed E-state index contributed by atoms with van der Waals surface area (Å²) in [6, 6.07) is 4.21. The number of pyridine rings is 1. The lowest BCUT2D eigenvalue weighted by atomic mass is 10.2. The molecule has 1 saturated heterocycles. The third-order valence-electron chi connectivity index (χ3n) is 3.12. The molecule has 0 saturated carbocycles. The lowest BCUT2D eigenvalue weighted by molar-refractivity contribution is 0.263. The summed E-state index contributed by atoms with van der Waals surface area (Å²) >= 11 is 2.10. The summed E-state index contributed by atoms with van der Waals surface area (Å²) in [5, 5.41) is 4.80. The van der Waals surface area contributed by atoms with Crippen molar-refractivity contribution >= 4 is 17.6 Å². The molecule has 2 atom stereocenters. The molecule has 1 aromatic heterocycles. The van der Waals surface area contributed by atoms with Crippen molar-refractivity contribution in [3.63, 3.8) is 0 Å². The SMILES string of the molecule is CCNc1ncccc1CN1CC(C)SC(C)C1. The van der Waals surface area contributed by atoms with E-state index in [0.29, 0.717) is 0 Å². The lowest BCUT2D eigenvalue weighted by Crippen LogP contribution is -2.39. The van der Waals surface area contributed by atoms with E-state index in [-0.39, 0.29) is 0 Å².